The second-order valence-electron chi connectivity index (χ2n) is 3.78. The van der Waals surface area contributed by atoms with Gasteiger partial charge in [-0.3, -0.25) is 0 Å². The van der Waals surface area contributed by atoms with E-state index in [4.69, 9.17) is 11.0 Å². The number of anilines is 1. The van der Waals surface area contributed by atoms with Crippen molar-refractivity contribution in [3.05, 3.63) is 30.3 Å². The average Bonchev–Trinajstić information content (AvgIpc) is 2.63. The second-order valence-corrected chi connectivity index (χ2v) is 3.78. The first-order valence-electron chi connectivity index (χ1n) is 4.74. The first-order valence-corrected chi connectivity index (χ1v) is 4.74. The smallest absolute Gasteiger partial charge is 0.123 e. The summed E-state index contributed by atoms with van der Waals surface area (Å²) in [5, 5.41) is 8.89. The van der Waals surface area contributed by atoms with Gasteiger partial charge >= 0.3 is 0 Å². The molecule has 0 amide bonds. The lowest BCUT2D eigenvalue weighted by molar-refractivity contribution is 0.606. The molecule has 0 bridgehead atoms. The van der Waals surface area contributed by atoms with Crippen LogP contribution in [0.4, 0.5) is 5.69 Å². The van der Waals surface area contributed by atoms with Gasteiger partial charge in [0.15, 0.2) is 0 Å². The topological polar surface area (TPSA) is 53.1 Å². The van der Waals surface area contributed by atoms with Crippen LogP contribution in [0.3, 0.4) is 0 Å². The van der Waals surface area contributed by atoms with Gasteiger partial charge in [-0.15, -0.1) is 0 Å². The van der Waals surface area contributed by atoms with E-state index in [1.807, 2.05) is 30.3 Å². The average molecular weight is 187 g/mol. The summed E-state index contributed by atoms with van der Waals surface area (Å²) in [5.41, 5.74) is 6.37. The number of rotatable bonds is 1. The van der Waals surface area contributed by atoms with Crippen LogP contribution in [0.15, 0.2) is 30.3 Å². The molecule has 0 saturated carbocycles. The van der Waals surface area contributed by atoms with E-state index in [-0.39, 0.29) is 0 Å². The van der Waals surface area contributed by atoms with Crippen LogP contribution in [-0.4, -0.2) is 18.6 Å². The molecular formula is C11H13N3. The molecule has 3 heteroatoms. The molecule has 0 radical (unpaired) electrons. The predicted octanol–water partition coefficient (Wildman–Crippen LogP) is 1.12. The van der Waals surface area contributed by atoms with Crippen molar-refractivity contribution in [3.8, 4) is 6.07 Å². The lowest BCUT2D eigenvalue weighted by Gasteiger charge is -2.19. The van der Waals surface area contributed by atoms with Gasteiger partial charge in [0.1, 0.15) is 5.54 Å². The Labute approximate surface area is 83.7 Å². The molecule has 72 valence electrons. The van der Waals surface area contributed by atoms with Gasteiger partial charge in [-0.05, 0) is 18.6 Å². The molecule has 1 atom stereocenters. The standard InChI is InChI=1S/C11H13N3/c12-8-11(13)6-7-14(9-11)10-4-2-1-3-5-10/h1-5H,6-7,9,13H2. The third-order valence-corrected chi connectivity index (χ3v) is 2.64. The SMILES string of the molecule is N#CC1(N)CCN(c2ccccc2)C1. The fourth-order valence-electron chi connectivity index (χ4n) is 1.78. The molecule has 0 spiro atoms. The van der Waals surface area contributed by atoms with E-state index in [2.05, 4.69) is 11.0 Å². The van der Waals surface area contributed by atoms with Crippen molar-refractivity contribution < 1.29 is 0 Å². The molecule has 3 nitrogen and oxygen atoms in total. The highest BCUT2D eigenvalue weighted by atomic mass is 15.2. The van der Waals surface area contributed by atoms with E-state index >= 15 is 0 Å². The molecule has 0 aromatic heterocycles. The minimum Gasteiger partial charge on any atom is -0.368 e. The van der Waals surface area contributed by atoms with E-state index in [0.717, 1.165) is 18.7 Å². The highest BCUT2D eigenvalue weighted by molar-refractivity contribution is 5.48. The fourth-order valence-corrected chi connectivity index (χ4v) is 1.78. The van der Waals surface area contributed by atoms with Crippen LogP contribution in [0.1, 0.15) is 6.42 Å². The third-order valence-electron chi connectivity index (χ3n) is 2.64. The van der Waals surface area contributed by atoms with Gasteiger partial charge in [-0.2, -0.15) is 5.26 Å². The Kier molecular flexibility index (Phi) is 2.14. The van der Waals surface area contributed by atoms with Gasteiger partial charge in [0, 0.05) is 18.8 Å². The third kappa shape index (κ3) is 1.57. The van der Waals surface area contributed by atoms with E-state index < -0.39 is 5.54 Å². The largest absolute Gasteiger partial charge is 0.368 e. The minimum absolute atomic E-state index is 0.632. The number of para-hydroxylation sites is 1. The lowest BCUT2D eigenvalue weighted by Crippen LogP contribution is -2.41. The quantitative estimate of drug-likeness (QED) is 0.716. The zero-order chi connectivity index (χ0) is 10.0. The van der Waals surface area contributed by atoms with E-state index in [9.17, 15) is 0 Å². The van der Waals surface area contributed by atoms with Crippen LogP contribution in [0.5, 0.6) is 0 Å². The summed E-state index contributed by atoms with van der Waals surface area (Å²) in [4.78, 5) is 2.16. The predicted molar refractivity (Wildman–Crippen MR) is 55.8 cm³/mol. The Morgan fingerprint density at radius 3 is 2.64 bits per heavy atom. The van der Waals surface area contributed by atoms with Gasteiger partial charge in [-0.25, -0.2) is 0 Å². The molecule has 1 heterocycles. The number of nitriles is 1. The summed E-state index contributed by atoms with van der Waals surface area (Å²) in [5.74, 6) is 0. The molecule has 1 aromatic rings. The van der Waals surface area contributed by atoms with Crippen LogP contribution in [0.25, 0.3) is 0 Å². The Balaban J connectivity index is 2.15. The van der Waals surface area contributed by atoms with Crippen molar-refractivity contribution in [1.29, 1.82) is 5.26 Å². The van der Waals surface area contributed by atoms with Crippen molar-refractivity contribution in [2.75, 3.05) is 18.0 Å². The van der Waals surface area contributed by atoms with Crippen LogP contribution >= 0.6 is 0 Å². The minimum atomic E-state index is -0.657. The Morgan fingerprint density at radius 2 is 2.07 bits per heavy atom. The van der Waals surface area contributed by atoms with Gasteiger partial charge in [0.05, 0.1) is 6.07 Å². The molecule has 1 aliphatic rings. The highest BCUT2D eigenvalue weighted by Crippen LogP contribution is 2.24. The Morgan fingerprint density at radius 1 is 1.36 bits per heavy atom. The summed E-state index contributed by atoms with van der Waals surface area (Å²) in [6.07, 6.45) is 0.748. The van der Waals surface area contributed by atoms with E-state index in [0.29, 0.717) is 6.54 Å². The maximum absolute atomic E-state index is 8.89. The Hall–Kier alpha value is -1.53. The van der Waals surface area contributed by atoms with Gasteiger partial charge in [0.2, 0.25) is 0 Å². The summed E-state index contributed by atoms with van der Waals surface area (Å²) in [6, 6.07) is 12.2. The second kappa shape index (κ2) is 3.32. The number of nitrogens with two attached hydrogens (primary N) is 1. The van der Waals surface area contributed by atoms with Gasteiger partial charge in [0.25, 0.3) is 0 Å². The zero-order valence-corrected chi connectivity index (χ0v) is 7.98. The summed E-state index contributed by atoms with van der Waals surface area (Å²) in [6.45, 7) is 1.50. The molecular weight excluding hydrogens is 174 g/mol. The van der Waals surface area contributed by atoms with Crippen molar-refractivity contribution in [2.24, 2.45) is 5.73 Å². The van der Waals surface area contributed by atoms with Gasteiger partial charge < -0.3 is 10.6 Å². The zero-order valence-electron chi connectivity index (χ0n) is 7.98. The lowest BCUT2D eigenvalue weighted by atomic mass is 10.0. The molecule has 0 aliphatic carbocycles. The first-order chi connectivity index (χ1) is 6.73. The number of hydrogen-bond acceptors (Lipinski definition) is 3. The maximum Gasteiger partial charge on any atom is 0.123 e. The normalized spacial score (nSPS) is 26.1. The van der Waals surface area contributed by atoms with Crippen molar-refractivity contribution >= 4 is 5.69 Å². The van der Waals surface area contributed by atoms with E-state index in [1.165, 1.54) is 0 Å². The molecule has 2 N–H and O–H groups in total. The summed E-state index contributed by atoms with van der Waals surface area (Å²) >= 11 is 0. The van der Waals surface area contributed by atoms with Crippen LogP contribution in [0.2, 0.25) is 0 Å². The van der Waals surface area contributed by atoms with Crippen LogP contribution in [-0.2, 0) is 0 Å². The summed E-state index contributed by atoms with van der Waals surface area (Å²) in [7, 11) is 0. The van der Waals surface area contributed by atoms with Gasteiger partial charge in [-0.1, -0.05) is 18.2 Å². The molecule has 2 rings (SSSR count). The number of hydrogen-bond donors (Lipinski definition) is 1. The fraction of sp³-hybridized carbons (Fsp3) is 0.364. The monoisotopic (exact) mass is 187 g/mol. The molecule has 1 saturated heterocycles. The summed E-state index contributed by atoms with van der Waals surface area (Å²) < 4.78 is 0. The van der Waals surface area contributed by atoms with Crippen molar-refractivity contribution in [1.82, 2.24) is 0 Å². The highest BCUT2D eigenvalue weighted by Gasteiger charge is 2.34. The molecule has 14 heavy (non-hydrogen) atoms. The molecule has 1 aromatic carbocycles. The van der Waals surface area contributed by atoms with Crippen LogP contribution in [0, 0.1) is 11.3 Å². The van der Waals surface area contributed by atoms with E-state index in [1.54, 1.807) is 0 Å². The van der Waals surface area contributed by atoms with Crippen LogP contribution < -0.4 is 10.6 Å². The van der Waals surface area contributed by atoms with Crippen molar-refractivity contribution in [2.45, 2.75) is 12.0 Å². The maximum atomic E-state index is 8.89. The molecule has 1 aliphatic heterocycles. The van der Waals surface area contributed by atoms with Crippen molar-refractivity contribution in [3.63, 3.8) is 0 Å². The number of nitrogens with zero attached hydrogens (tertiary/aromatic N) is 2. The Bertz CT molecular complexity index is 355. The first kappa shape index (κ1) is 9.04. The molecule has 1 fully saturated rings. The number of benzene rings is 1. The molecule has 1 unspecified atom stereocenters.